The minimum atomic E-state index is -0.439. The average molecular weight is 342 g/mol. The van der Waals surface area contributed by atoms with Gasteiger partial charge in [0.25, 0.3) is 0 Å². The third-order valence-corrected chi connectivity index (χ3v) is 4.50. The highest BCUT2D eigenvalue weighted by atomic mass is 16.3. The summed E-state index contributed by atoms with van der Waals surface area (Å²) in [4.78, 5) is 14.0. The Morgan fingerprint density at radius 1 is 1.36 bits per heavy atom. The van der Waals surface area contributed by atoms with Crippen molar-refractivity contribution in [1.82, 2.24) is 14.7 Å². The lowest BCUT2D eigenvalue weighted by atomic mass is 10.2. The second-order valence-corrected chi connectivity index (χ2v) is 7.03. The van der Waals surface area contributed by atoms with Gasteiger partial charge in [-0.25, -0.2) is 9.48 Å². The van der Waals surface area contributed by atoms with E-state index >= 15 is 0 Å². The Balaban J connectivity index is 1.74. The van der Waals surface area contributed by atoms with Crippen LogP contribution in [0, 0.1) is 5.92 Å². The van der Waals surface area contributed by atoms with Crippen LogP contribution in [-0.4, -0.2) is 45.5 Å². The second kappa shape index (κ2) is 7.27. The van der Waals surface area contributed by atoms with Crippen molar-refractivity contribution in [2.75, 3.05) is 18.9 Å². The van der Waals surface area contributed by atoms with Crippen molar-refractivity contribution in [3.8, 4) is 11.3 Å². The molecule has 1 fully saturated rings. The van der Waals surface area contributed by atoms with E-state index in [4.69, 9.17) is 0 Å². The molecule has 1 aromatic heterocycles. The predicted molar refractivity (Wildman–Crippen MR) is 98.4 cm³/mol. The van der Waals surface area contributed by atoms with Gasteiger partial charge >= 0.3 is 6.03 Å². The zero-order valence-corrected chi connectivity index (χ0v) is 15.0. The quantitative estimate of drug-likeness (QED) is 0.845. The van der Waals surface area contributed by atoms with Crippen molar-refractivity contribution in [2.45, 2.75) is 38.8 Å². The molecule has 1 aromatic carbocycles. The van der Waals surface area contributed by atoms with E-state index in [2.05, 4.69) is 10.4 Å². The van der Waals surface area contributed by atoms with E-state index in [-0.39, 0.29) is 12.1 Å². The number of aromatic nitrogens is 2. The molecule has 0 radical (unpaired) electrons. The largest absolute Gasteiger partial charge is 0.391 e. The summed E-state index contributed by atoms with van der Waals surface area (Å²) in [6, 6.07) is 11.7. The molecule has 2 N–H and O–H groups in total. The highest BCUT2D eigenvalue weighted by Gasteiger charge is 2.31. The summed E-state index contributed by atoms with van der Waals surface area (Å²) in [7, 11) is 1.70. The third kappa shape index (κ3) is 4.20. The number of nitrogens with one attached hydrogen (secondary N) is 1. The molecule has 0 bridgehead atoms. The summed E-state index contributed by atoms with van der Waals surface area (Å²) in [5.74, 6) is 1.01. The normalized spacial score (nSPS) is 15.2. The van der Waals surface area contributed by atoms with Gasteiger partial charge in [-0.15, -0.1) is 0 Å². The number of carbonyl (C=O) groups is 1. The lowest BCUT2D eigenvalue weighted by Crippen LogP contribution is -2.38. The molecule has 0 unspecified atom stereocenters. The molecule has 6 nitrogen and oxygen atoms in total. The number of urea groups is 1. The van der Waals surface area contributed by atoms with Gasteiger partial charge in [-0.3, -0.25) is 5.32 Å². The van der Waals surface area contributed by atoms with Gasteiger partial charge in [-0.1, -0.05) is 30.3 Å². The summed E-state index contributed by atoms with van der Waals surface area (Å²) in [6.45, 7) is 4.40. The van der Waals surface area contributed by atoms with Crippen LogP contribution in [0.4, 0.5) is 10.6 Å². The molecule has 2 aromatic rings. The molecular formula is C19H26N4O2. The lowest BCUT2D eigenvalue weighted by molar-refractivity contribution is 0.117. The summed E-state index contributed by atoms with van der Waals surface area (Å²) < 4.78 is 1.81. The smallest absolute Gasteiger partial charge is 0.322 e. The maximum Gasteiger partial charge on any atom is 0.322 e. The maximum atomic E-state index is 12.5. The molecule has 1 atom stereocenters. The van der Waals surface area contributed by atoms with E-state index in [1.165, 1.54) is 4.90 Å². The van der Waals surface area contributed by atoms with Gasteiger partial charge in [0, 0.05) is 31.3 Å². The average Bonchev–Trinajstić information content (AvgIpc) is 3.36. The SMILES string of the molecule is CC(C)n1nc(-c2ccccc2)cc1NC(=O)N(C)C[C@H](O)C1CC1. The summed E-state index contributed by atoms with van der Waals surface area (Å²) in [5.41, 5.74) is 1.83. The number of hydrogen-bond donors (Lipinski definition) is 2. The number of rotatable bonds is 6. The Kier molecular flexibility index (Phi) is 5.08. The monoisotopic (exact) mass is 342 g/mol. The van der Waals surface area contributed by atoms with Crippen LogP contribution in [0.5, 0.6) is 0 Å². The van der Waals surface area contributed by atoms with E-state index in [0.717, 1.165) is 24.1 Å². The number of anilines is 1. The van der Waals surface area contributed by atoms with Crippen molar-refractivity contribution in [1.29, 1.82) is 0 Å². The lowest BCUT2D eigenvalue weighted by Gasteiger charge is -2.21. The van der Waals surface area contributed by atoms with E-state index in [9.17, 15) is 9.90 Å². The topological polar surface area (TPSA) is 70.4 Å². The van der Waals surface area contributed by atoms with Gasteiger partial charge in [0.1, 0.15) is 5.82 Å². The zero-order chi connectivity index (χ0) is 18.0. The predicted octanol–water partition coefficient (Wildman–Crippen LogP) is 3.37. The Morgan fingerprint density at radius 3 is 2.64 bits per heavy atom. The number of benzene rings is 1. The van der Waals surface area contributed by atoms with E-state index in [0.29, 0.717) is 18.3 Å². The van der Waals surface area contributed by atoms with Gasteiger partial charge in [-0.2, -0.15) is 5.10 Å². The van der Waals surface area contributed by atoms with Gasteiger partial charge < -0.3 is 10.0 Å². The van der Waals surface area contributed by atoms with Crippen molar-refractivity contribution in [3.63, 3.8) is 0 Å². The fourth-order valence-electron chi connectivity index (χ4n) is 2.83. The fourth-order valence-corrected chi connectivity index (χ4v) is 2.83. The Bertz CT molecular complexity index is 722. The molecule has 1 heterocycles. The highest BCUT2D eigenvalue weighted by Crippen LogP contribution is 2.32. The molecule has 2 amide bonds. The van der Waals surface area contributed by atoms with Gasteiger partial charge in [0.15, 0.2) is 0 Å². The first-order chi connectivity index (χ1) is 12.0. The first-order valence-electron chi connectivity index (χ1n) is 8.81. The maximum absolute atomic E-state index is 12.5. The Labute approximate surface area is 148 Å². The van der Waals surface area contributed by atoms with Crippen molar-refractivity contribution in [2.24, 2.45) is 5.92 Å². The van der Waals surface area contributed by atoms with Crippen LogP contribution in [0.1, 0.15) is 32.7 Å². The molecule has 3 rings (SSSR count). The summed E-state index contributed by atoms with van der Waals surface area (Å²) in [6.07, 6.45) is 1.67. The van der Waals surface area contributed by atoms with Gasteiger partial charge in [0.05, 0.1) is 11.8 Å². The second-order valence-electron chi connectivity index (χ2n) is 7.03. The minimum absolute atomic E-state index is 0.120. The van der Waals surface area contributed by atoms with E-state index < -0.39 is 6.10 Å². The number of carbonyl (C=O) groups excluding carboxylic acids is 1. The van der Waals surface area contributed by atoms with Crippen molar-refractivity contribution >= 4 is 11.8 Å². The Morgan fingerprint density at radius 2 is 2.04 bits per heavy atom. The van der Waals surface area contributed by atoms with Crippen LogP contribution in [0.3, 0.4) is 0 Å². The third-order valence-electron chi connectivity index (χ3n) is 4.50. The number of nitrogens with zero attached hydrogens (tertiary/aromatic N) is 3. The summed E-state index contributed by atoms with van der Waals surface area (Å²) in [5, 5.41) is 17.6. The molecule has 1 aliphatic carbocycles. The molecule has 134 valence electrons. The molecular weight excluding hydrogens is 316 g/mol. The molecule has 1 saturated carbocycles. The van der Waals surface area contributed by atoms with Crippen LogP contribution in [0.15, 0.2) is 36.4 Å². The van der Waals surface area contributed by atoms with Crippen LogP contribution in [0.25, 0.3) is 11.3 Å². The highest BCUT2D eigenvalue weighted by molar-refractivity contribution is 5.89. The zero-order valence-electron chi connectivity index (χ0n) is 15.0. The van der Waals surface area contributed by atoms with E-state index in [1.807, 2.05) is 54.9 Å². The molecule has 1 aliphatic rings. The van der Waals surface area contributed by atoms with Gasteiger partial charge in [0.2, 0.25) is 0 Å². The van der Waals surface area contributed by atoms with Gasteiger partial charge in [-0.05, 0) is 32.6 Å². The van der Waals surface area contributed by atoms with Crippen LogP contribution in [0.2, 0.25) is 0 Å². The fraction of sp³-hybridized carbons (Fsp3) is 0.474. The first-order valence-corrected chi connectivity index (χ1v) is 8.81. The Hall–Kier alpha value is -2.34. The molecule has 0 saturated heterocycles. The molecule has 25 heavy (non-hydrogen) atoms. The number of likely N-dealkylation sites (N-methyl/N-ethyl adjacent to an activating group) is 1. The van der Waals surface area contributed by atoms with Crippen molar-refractivity contribution < 1.29 is 9.90 Å². The molecule has 0 aliphatic heterocycles. The summed E-state index contributed by atoms with van der Waals surface area (Å²) >= 11 is 0. The van der Waals surface area contributed by atoms with Crippen LogP contribution < -0.4 is 5.32 Å². The standard InChI is InChI=1S/C19H26N4O2/c1-13(2)23-18(11-16(21-23)14-7-5-4-6-8-14)20-19(25)22(3)12-17(24)15-9-10-15/h4-8,11,13,15,17,24H,9-10,12H2,1-3H3,(H,20,25)/t17-/m0/s1. The van der Waals surface area contributed by atoms with E-state index in [1.54, 1.807) is 7.05 Å². The number of hydrogen-bond acceptors (Lipinski definition) is 3. The first kappa shape index (κ1) is 17.5. The number of aliphatic hydroxyl groups excluding tert-OH is 1. The van der Waals surface area contributed by atoms with Crippen molar-refractivity contribution in [3.05, 3.63) is 36.4 Å². The van der Waals surface area contributed by atoms with Crippen LogP contribution >= 0.6 is 0 Å². The molecule has 6 heteroatoms. The number of aliphatic hydroxyl groups is 1. The minimum Gasteiger partial charge on any atom is -0.391 e. The van der Waals surface area contributed by atoms with Crippen LogP contribution in [-0.2, 0) is 0 Å². The number of amides is 2. The molecule has 0 spiro atoms.